The number of benzene rings is 2. The van der Waals surface area contributed by atoms with Crippen molar-refractivity contribution in [2.45, 2.75) is 32.4 Å². The second-order valence-electron chi connectivity index (χ2n) is 9.23. The van der Waals surface area contributed by atoms with Gasteiger partial charge in [0.15, 0.2) is 0 Å². The van der Waals surface area contributed by atoms with Gasteiger partial charge >= 0.3 is 0 Å². The number of hydrogen-bond acceptors (Lipinski definition) is 5. The van der Waals surface area contributed by atoms with E-state index in [1.54, 1.807) is 21.9 Å². The minimum Gasteiger partial charge on any atom is -0.368 e. The van der Waals surface area contributed by atoms with E-state index in [-0.39, 0.29) is 47.9 Å². The van der Waals surface area contributed by atoms with E-state index >= 15 is 0 Å². The van der Waals surface area contributed by atoms with E-state index in [1.165, 1.54) is 28.9 Å². The summed E-state index contributed by atoms with van der Waals surface area (Å²) in [6.07, 6.45) is 0.883. The lowest BCUT2D eigenvalue weighted by Gasteiger charge is -2.36. The fourth-order valence-corrected chi connectivity index (χ4v) is 4.95. The van der Waals surface area contributed by atoms with Gasteiger partial charge in [-0.15, -0.1) is 0 Å². The first-order valence-corrected chi connectivity index (χ1v) is 12.2. The van der Waals surface area contributed by atoms with Gasteiger partial charge in [-0.3, -0.25) is 14.4 Å². The van der Waals surface area contributed by atoms with E-state index in [0.29, 0.717) is 26.2 Å². The molecule has 3 heterocycles. The highest BCUT2D eigenvalue weighted by atomic mass is 19.1. The third kappa shape index (κ3) is 4.73. The number of nitrogens with zero attached hydrogens (tertiary/aromatic N) is 5. The summed E-state index contributed by atoms with van der Waals surface area (Å²) >= 11 is 0. The molecule has 0 aliphatic carbocycles. The molecule has 2 aliphatic heterocycles. The largest absolute Gasteiger partial charge is 0.368 e. The van der Waals surface area contributed by atoms with E-state index in [9.17, 15) is 18.8 Å². The van der Waals surface area contributed by atoms with Crippen LogP contribution < -0.4 is 15.4 Å². The molecule has 1 unspecified atom stereocenters. The molecule has 9 heteroatoms. The van der Waals surface area contributed by atoms with Gasteiger partial charge in [0.1, 0.15) is 11.5 Å². The zero-order valence-electron chi connectivity index (χ0n) is 20.1. The number of aromatic nitrogens is 2. The summed E-state index contributed by atoms with van der Waals surface area (Å²) in [5.74, 6) is -0.604. The van der Waals surface area contributed by atoms with Crippen molar-refractivity contribution in [1.82, 2.24) is 14.7 Å². The number of rotatable bonds is 5. The molecule has 186 valence electrons. The molecule has 0 N–H and O–H groups in total. The molecule has 2 amide bonds. The van der Waals surface area contributed by atoms with E-state index in [4.69, 9.17) is 0 Å². The highest BCUT2D eigenvalue weighted by molar-refractivity contribution is 6.06. The van der Waals surface area contributed by atoms with Gasteiger partial charge in [0, 0.05) is 56.1 Å². The second-order valence-corrected chi connectivity index (χ2v) is 9.23. The molecule has 2 aliphatic rings. The Morgan fingerprint density at radius 3 is 2.44 bits per heavy atom. The Morgan fingerprint density at radius 2 is 1.69 bits per heavy atom. The molecule has 0 saturated carbocycles. The lowest BCUT2D eigenvalue weighted by molar-refractivity contribution is -0.131. The van der Waals surface area contributed by atoms with Crippen molar-refractivity contribution in [3.05, 3.63) is 88.1 Å². The number of para-hydroxylation sites is 1. The Hall–Kier alpha value is -4.01. The monoisotopic (exact) mass is 489 g/mol. The van der Waals surface area contributed by atoms with Gasteiger partial charge in [-0.2, -0.15) is 5.10 Å². The van der Waals surface area contributed by atoms with Gasteiger partial charge in [0.2, 0.25) is 5.91 Å². The molecule has 1 aromatic heterocycles. The standard InChI is InChI=1S/C27H28FN5O3/c1-19-18-20-4-2-3-5-24(20)33(19)27(36)23-10-11-26(35)32(29-23)13-12-25(34)31-16-14-30(15-17-31)22-8-6-21(28)7-9-22/h2-11,19H,12-18H2,1H3. The van der Waals surface area contributed by atoms with Crippen LogP contribution in [0.4, 0.5) is 15.8 Å². The average Bonchev–Trinajstić information content (AvgIpc) is 3.23. The molecule has 1 atom stereocenters. The van der Waals surface area contributed by atoms with Crippen LogP contribution in [0.1, 0.15) is 29.4 Å². The van der Waals surface area contributed by atoms with E-state index < -0.39 is 0 Å². The molecule has 5 rings (SSSR count). The summed E-state index contributed by atoms with van der Waals surface area (Å²) in [6, 6.07) is 16.9. The summed E-state index contributed by atoms with van der Waals surface area (Å²) in [7, 11) is 0. The minimum atomic E-state index is -0.352. The van der Waals surface area contributed by atoms with Gasteiger partial charge in [0.25, 0.3) is 11.5 Å². The second kappa shape index (κ2) is 9.93. The molecule has 36 heavy (non-hydrogen) atoms. The fourth-order valence-electron chi connectivity index (χ4n) is 4.95. The zero-order valence-corrected chi connectivity index (χ0v) is 20.1. The van der Waals surface area contributed by atoms with E-state index in [0.717, 1.165) is 23.4 Å². The number of carbonyl (C=O) groups excluding carboxylic acids is 2. The van der Waals surface area contributed by atoms with Gasteiger partial charge in [0.05, 0.1) is 6.54 Å². The van der Waals surface area contributed by atoms with Crippen LogP contribution in [0.15, 0.2) is 65.5 Å². The van der Waals surface area contributed by atoms with Gasteiger partial charge in [-0.25, -0.2) is 9.07 Å². The SMILES string of the molecule is CC1Cc2ccccc2N1C(=O)c1ccc(=O)n(CCC(=O)N2CCN(c3ccc(F)cc3)CC2)n1. The number of amides is 2. The molecule has 0 spiro atoms. The van der Waals surface area contributed by atoms with Gasteiger partial charge in [-0.1, -0.05) is 18.2 Å². The number of carbonyl (C=O) groups is 2. The molecule has 0 radical (unpaired) electrons. The maximum absolute atomic E-state index is 13.3. The minimum absolute atomic E-state index is 0.00719. The third-order valence-corrected chi connectivity index (χ3v) is 6.87. The van der Waals surface area contributed by atoms with Crippen LogP contribution in [0.3, 0.4) is 0 Å². The van der Waals surface area contributed by atoms with Crippen molar-refractivity contribution in [2.24, 2.45) is 0 Å². The van der Waals surface area contributed by atoms with Crippen molar-refractivity contribution in [3.8, 4) is 0 Å². The molecule has 3 aromatic rings. The van der Waals surface area contributed by atoms with Crippen molar-refractivity contribution in [3.63, 3.8) is 0 Å². The van der Waals surface area contributed by atoms with Crippen molar-refractivity contribution in [1.29, 1.82) is 0 Å². The summed E-state index contributed by atoms with van der Waals surface area (Å²) in [5.41, 5.74) is 2.73. The fraction of sp³-hybridized carbons (Fsp3) is 0.333. The lowest BCUT2D eigenvalue weighted by atomic mass is 10.1. The lowest BCUT2D eigenvalue weighted by Crippen LogP contribution is -2.49. The van der Waals surface area contributed by atoms with Gasteiger partial charge in [-0.05, 0) is 55.3 Å². The Morgan fingerprint density at radius 1 is 0.972 bits per heavy atom. The molecule has 1 saturated heterocycles. The molecule has 1 fully saturated rings. The number of hydrogen-bond donors (Lipinski definition) is 0. The molecule has 0 bridgehead atoms. The maximum Gasteiger partial charge on any atom is 0.278 e. The van der Waals surface area contributed by atoms with Crippen LogP contribution in [0, 0.1) is 5.82 Å². The molecule has 2 aromatic carbocycles. The van der Waals surface area contributed by atoms with E-state index in [1.807, 2.05) is 31.2 Å². The average molecular weight is 490 g/mol. The maximum atomic E-state index is 13.3. The number of piperazine rings is 1. The van der Waals surface area contributed by atoms with Crippen molar-refractivity contribution < 1.29 is 14.0 Å². The summed E-state index contributed by atoms with van der Waals surface area (Å²) < 4.78 is 14.4. The van der Waals surface area contributed by atoms with Crippen LogP contribution in [0.25, 0.3) is 0 Å². The van der Waals surface area contributed by atoms with Crippen LogP contribution in [-0.4, -0.2) is 58.7 Å². The first-order valence-electron chi connectivity index (χ1n) is 12.2. The molecular weight excluding hydrogens is 461 g/mol. The predicted octanol–water partition coefficient (Wildman–Crippen LogP) is 2.71. The third-order valence-electron chi connectivity index (χ3n) is 6.87. The highest BCUT2D eigenvalue weighted by Gasteiger charge is 2.32. The van der Waals surface area contributed by atoms with Gasteiger partial charge < -0.3 is 14.7 Å². The van der Waals surface area contributed by atoms with Crippen LogP contribution >= 0.6 is 0 Å². The predicted molar refractivity (Wildman–Crippen MR) is 135 cm³/mol. The van der Waals surface area contributed by atoms with Crippen molar-refractivity contribution in [2.75, 3.05) is 36.0 Å². The summed E-state index contributed by atoms with van der Waals surface area (Å²) in [4.78, 5) is 44.1. The Balaban J connectivity index is 1.21. The van der Waals surface area contributed by atoms with Crippen molar-refractivity contribution >= 4 is 23.2 Å². The normalized spacial score (nSPS) is 17.3. The Labute approximate surface area is 208 Å². The van der Waals surface area contributed by atoms with E-state index in [2.05, 4.69) is 10.00 Å². The topological polar surface area (TPSA) is 78.8 Å². The first kappa shape index (κ1) is 23.7. The Kier molecular flexibility index (Phi) is 6.54. The van der Waals surface area contributed by atoms with Crippen LogP contribution in [-0.2, 0) is 17.8 Å². The number of aryl methyl sites for hydroxylation is 1. The summed E-state index contributed by atoms with van der Waals surface area (Å²) in [6.45, 7) is 4.47. The first-order chi connectivity index (χ1) is 17.4. The number of anilines is 2. The number of halogens is 1. The zero-order chi connectivity index (χ0) is 25.2. The smallest absolute Gasteiger partial charge is 0.278 e. The van der Waals surface area contributed by atoms with Crippen LogP contribution in [0.5, 0.6) is 0 Å². The summed E-state index contributed by atoms with van der Waals surface area (Å²) in [5, 5.41) is 4.30. The van der Waals surface area contributed by atoms with Crippen LogP contribution in [0.2, 0.25) is 0 Å². The quantitative estimate of drug-likeness (QED) is 0.551. The highest BCUT2D eigenvalue weighted by Crippen LogP contribution is 2.32. The molecule has 8 nitrogen and oxygen atoms in total. The Bertz CT molecular complexity index is 1330. The molecular formula is C27H28FN5O3. The number of fused-ring (bicyclic) bond motifs is 1.